The summed E-state index contributed by atoms with van der Waals surface area (Å²) in [5.74, 6) is -0.155. The van der Waals surface area contributed by atoms with Gasteiger partial charge in [-0.25, -0.2) is 4.98 Å². The molecule has 1 amide bonds. The molecule has 2 aromatic heterocycles. The number of benzene rings is 1. The second kappa shape index (κ2) is 6.42. The van der Waals surface area contributed by atoms with E-state index in [1.165, 1.54) is 0 Å². The Morgan fingerprint density at radius 3 is 2.87 bits per heavy atom. The van der Waals surface area contributed by atoms with Crippen LogP contribution in [0.2, 0.25) is 5.02 Å². The van der Waals surface area contributed by atoms with E-state index < -0.39 is 0 Å². The topological polar surface area (TPSA) is 46.4 Å². The fourth-order valence-electron chi connectivity index (χ4n) is 2.64. The quantitative estimate of drug-likeness (QED) is 0.766. The van der Waals surface area contributed by atoms with E-state index in [0.29, 0.717) is 10.7 Å². The van der Waals surface area contributed by atoms with Crippen molar-refractivity contribution in [2.75, 3.05) is 5.32 Å². The molecule has 1 N–H and O–H groups in total. The number of hydrogen-bond donors (Lipinski definition) is 1. The number of aromatic nitrogens is 2. The maximum Gasteiger partial charge on any atom is 0.274 e. The van der Waals surface area contributed by atoms with Gasteiger partial charge in [0, 0.05) is 16.9 Å². The van der Waals surface area contributed by atoms with Crippen LogP contribution in [-0.2, 0) is 6.42 Å². The monoisotopic (exact) mass is 327 g/mol. The number of nitrogens with one attached hydrogen (secondary N) is 1. The number of rotatable bonds is 4. The Hall–Kier alpha value is -2.33. The first-order valence-corrected chi connectivity index (χ1v) is 8.01. The second-order valence-corrected chi connectivity index (χ2v) is 5.94. The van der Waals surface area contributed by atoms with Crippen molar-refractivity contribution in [3.8, 4) is 0 Å². The zero-order chi connectivity index (χ0) is 16.4. The first kappa shape index (κ1) is 15.6. The molecule has 0 bridgehead atoms. The summed E-state index contributed by atoms with van der Waals surface area (Å²) in [6.07, 6.45) is 3.57. The zero-order valence-electron chi connectivity index (χ0n) is 13.1. The molecule has 0 saturated heterocycles. The minimum atomic E-state index is -0.155. The van der Waals surface area contributed by atoms with Crippen LogP contribution in [0, 0.1) is 6.92 Å². The number of imidazole rings is 1. The van der Waals surface area contributed by atoms with Crippen LogP contribution in [0.1, 0.15) is 35.1 Å². The summed E-state index contributed by atoms with van der Waals surface area (Å²) in [6, 6.07) is 11.1. The van der Waals surface area contributed by atoms with Gasteiger partial charge in [-0.15, -0.1) is 0 Å². The van der Waals surface area contributed by atoms with Crippen molar-refractivity contribution in [1.82, 2.24) is 9.38 Å². The number of aryl methyl sites for hydroxylation is 2. The van der Waals surface area contributed by atoms with Gasteiger partial charge in [0.1, 0.15) is 11.3 Å². The Balaban J connectivity index is 2.01. The van der Waals surface area contributed by atoms with Crippen LogP contribution in [0.15, 0.2) is 42.6 Å². The maximum absolute atomic E-state index is 12.8. The van der Waals surface area contributed by atoms with Crippen molar-refractivity contribution < 1.29 is 4.79 Å². The van der Waals surface area contributed by atoms with Crippen molar-refractivity contribution >= 4 is 28.8 Å². The predicted molar refractivity (Wildman–Crippen MR) is 93.3 cm³/mol. The highest BCUT2D eigenvalue weighted by atomic mass is 35.5. The number of carbonyl (C=O) groups excluding carboxylic acids is 1. The summed E-state index contributed by atoms with van der Waals surface area (Å²) < 4.78 is 1.84. The third-order valence-electron chi connectivity index (χ3n) is 3.74. The Labute approximate surface area is 140 Å². The first-order valence-electron chi connectivity index (χ1n) is 7.63. The zero-order valence-corrected chi connectivity index (χ0v) is 13.9. The van der Waals surface area contributed by atoms with Crippen molar-refractivity contribution in [2.24, 2.45) is 0 Å². The molecular weight excluding hydrogens is 310 g/mol. The van der Waals surface area contributed by atoms with Crippen LogP contribution in [0.25, 0.3) is 5.65 Å². The van der Waals surface area contributed by atoms with Gasteiger partial charge in [0.05, 0.1) is 5.69 Å². The van der Waals surface area contributed by atoms with Gasteiger partial charge in [0.25, 0.3) is 5.91 Å². The van der Waals surface area contributed by atoms with Gasteiger partial charge >= 0.3 is 0 Å². The van der Waals surface area contributed by atoms with Gasteiger partial charge in [-0.3, -0.25) is 9.20 Å². The minimum absolute atomic E-state index is 0.155. The standard InChI is InChI=1S/C18H18ClN3O/c1-3-6-15-17(22-10-5-4-7-16(22)20-15)18(23)21-14-9-8-13(19)11-12(14)2/h4-5,7-11H,3,6H2,1-2H3,(H,21,23). The molecule has 0 aliphatic carbocycles. The fraction of sp³-hybridized carbons (Fsp3) is 0.222. The van der Waals surface area contributed by atoms with Crippen LogP contribution in [0.3, 0.4) is 0 Å². The van der Waals surface area contributed by atoms with E-state index in [2.05, 4.69) is 17.2 Å². The molecule has 0 fully saturated rings. The third-order valence-corrected chi connectivity index (χ3v) is 3.98. The second-order valence-electron chi connectivity index (χ2n) is 5.50. The van der Waals surface area contributed by atoms with Crippen LogP contribution in [-0.4, -0.2) is 15.3 Å². The highest BCUT2D eigenvalue weighted by molar-refractivity contribution is 6.30. The molecule has 0 atom stereocenters. The molecule has 4 nitrogen and oxygen atoms in total. The smallest absolute Gasteiger partial charge is 0.274 e. The number of carbonyl (C=O) groups is 1. The summed E-state index contributed by atoms with van der Waals surface area (Å²) in [7, 11) is 0. The lowest BCUT2D eigenvalue weighted by molar-refractivity contribution is 0.102. The Bertz CT molecular complexity index is 870. The van der Waals surface area contributed by atoms with Crippen molar-refractivity contribution in [1.29, 1.82) is 0 Å². The largest absolute Gasteiger partial charge is 0.320 e. The number of nitrogens with zero attached hydrogens (tertiary/aromatic N) is 2. The van der Waals surface area contributed by atoms with Gasteiger partial charge in [0.15, 0.2) is 0 Å². The molecule has 0 radical (unpaired) electrons. The maximum atomic E-state index is 12.8. The van der Waals surface area contributed by atoms with Crippen LogP contribution in [0.5, 0.6) is 0 Å². The first-order chi connectivity index (χ1) is 11.1. The van der Waals surface area contributed by atoms with Gasteiger partial charge in [0.2, 0.25) is 0 Å². The molecule has 0 aliphatic rings. The Morgan fingerprint density at radius 1 is 1.30 bits per heavy atom. The number of anilines is 1. The fourth-order valence-corrected chi connectivity index (χ4v) is 2.87. The molecule has 0 spiro atoms. The van der Waals surface area contributed by atoms with Crippen LogP contribution < -0.4 is 5.32 Å². The summed E-state index contributed by atoms with van der Waals surface area (Å²) in [6.45, 7) is 4.00. The Kier molecular flexibility index (Phi) is 4.35. The van der Waals surface area contributed by atoms with Crippen LogP contribution >= 0.6 is 11.6 Å². The predicted octanol–water partition coefficient (Wildman–Crippen LogP) is 4.50. The lowest BCUT2D eigenvalue weighted by atomic mass is 10.1. The molecule has 2 heterocycles. The Morgan fingerprint density at radius 2 is 2.13 bits per heavy atom. The molecule has 5 heteroatoms. The van der Waals surface area contributed by atoms with E-state index >= 15 is 0 Å². The van der Waals surface area contributed by atoms with Crippen molar-refractivity contribution in [2.45, 2.75) is 26.7 Å². The van der Waals surface area contributed by atoms with E-state index in [-0.39, 0.29) is 5.91 Å². The molecule has 0 aliphatic heterocycles. The normalized spacial score (nSPS) is 10.9. The molecule has 1 aromatic carbocycles. The summed E-state index contributed by atoms with van der Waals surface area (Å²) in [5.41, 5.74) is 3.89. The number of fused-ring (bicyclic) bond motifs is 1. The van der Waals surface area contributed by atoms with Gasteiger partial charge in [-0.1, -0.05) is 31.0 Å². The van der Waals surface area contributed by atoms with Gasteiger partial charge in [-0.05, 0) is 49.2 Å². The van der Waals surface area contributed by atoms with Gasteiger partial charge < -0.3 is 5.32 Å². The van der Waals surface area contributed by atoms with E-state index in [4.69, 9.17) is 11.6 Å². The van der Waals surface area contributed by atoms with E-state index in [9.17, 15) is 4.79 Å². The SMILES string of the molecule is CCCc1nc2ccccn2c1C(=O)Nc1ccc(Cl)cc1C. The molecule has 3 aromatic rings. The lowest BCUT2D eigenvalue weighted by Gasteiger charge is -2.09. The number of pyridine rings is 1. The average molecular weight is 328 g/mol. The van der Waals surface area contributed by atoms with E-state index in [1.807, 2.05) is 47.9 Å². The molecule has 0 unspecified atom stereocenters. The molecule has 23 heavy (non-hydrogen) atoms. The highest BCUT2D eigenvalue weighted by Crippen LogP contribution is 2.22. The minimum Gasteiger partial charge on any atom is -0.320 e. The number of hydrogen-bond acceptors (Lipinski definition) is 2. The van der Waals surface area contributed by atoms with Crippen LogP contribution in [0.4, 0.5) is 5.69 Å². The number of halogens is 1. The lowest BCUT2D eigenvalue weighted by Crippen LogP contribution is -2.17. The summed E-state index contributed by atoms with van der Waals surface area (Å²) >= 11 is 5.97. The van der Waals surface area contributed by atoms with E-state index in [1.54, 1.807) is 6.07 Å². The summed E-state index contributed by atoms with van der Waals surface area (Å²) in [4.78, 5) is 17.4. The third kappa shape index (κ3) is 3.08. The highest BCUT2D eigenvalue weighted by Gasteiger charge is 2.19. The summed E-state index contributed by atoms with van der Waals surface area (Å²) in [5, 5.41) is 3.63. The molecule has 3 rings (SSSR count). The number of amides is 1. The average Bonchev–Trinajstić information content (AvgIpc) is 2.88. The van der Waals surface area contributed by atoms with E-state index in [0.717, 1.165) is 35.4 Å². The van der Waals surface area contributed by atoms with Crippen molar-refractivity contribution in [3.05, 3.63) is 64.6 Å². The molecule has 0 saturated carbocycles. The van der Waals surface area contributed by atoms with Crippen molar-refractivity contribution in [3.63, 3.8) is 0 Å². The molecule has 118 valence electrons. The molecular formula is C18H18ClN3O. The van der Waals surface area contributed by atoms with Gasteiger partial charge in [-0.2, -0.15) is 0 Å².